The molecule has 3 rings (SSSR count). The van der Waals surface area contributed by atoms with Crippen molar-refractivity contribution in [1.82, 2.24) is 0 Å². The summed E-state index contributed by atoms with van der Waals surface area (Å²) in [5.74, 6) is 0.594. The van der Waals surface area contributed by atoms with Crippen molar-refractivity contribution < 1.29 is 32.2 Å². The van der Waals surface area contributed by atoms with Gasteiger partial charge in [-0.3, -0.25) is 9.10 Å². The van der Waals surface area contributed by atoms with E-state index in [1.54, 1.807) is 30.3 Å². The average molecular weight is 521 g/mol. The molecule has 9 nitrogen and oxygen atoms in total. The predicted octanol–water partition coefficient (Wildman–Crippen LogP) is 4.21. The molecular formula is C24H25ClN2O7S. The van der Waals surface area contributed by atoms with E-state index in [1.165, 1.54) is 58.8 Å². The summed E-state index contributed by atoms with van der Waals surface area (Å²) in [4.78, 5) is 12.9. The van der Waals surface area contributed by atoms with Crippen molar-refractivity contribution in [3.63, 3.8) is 0 Å². The van der Waals surface area contributed by atoms with E-state index in [9.17, 15) is 13.2 Å². The van der Waals surface area contributed by atoms with Crippen LogP contribution < -0.4 is 28.6 Å². The molecule has 0 saturated heterocycles. The number of sulfonamides is 1. The molecule has 0 aliphatic rings. The Kier molecular flexibility index (Phi) is 8.31. The molecule has 1 N–H and O–H groups in total. The Bertz CT molecular complexity index is 1310. The van der Waals surface area contributed by atoms with Crippen LogP contribution in [0.25, 0.3) is 0 Å². The quantitative estimate of drug-likeness (QED) is 0.427. The number of para-hydroxylation sites is 2. The minimum absolute atomic E-state index is 0.0879. The second-order valence-corrected chi connectivity index (χ2v) is 9.39. The maximum Gasteiger partial charge on any atom is 0.265 e. The van der Waals surface area contributed by atoms with Gasteiger partial charge in [-0.2, -0.15) is 0 Å². The zero-order valence-corrected chi connectivity index (χ0v) is 21.1. The van der Waals surface area contributed by atoms with Crippen LogP contribution in [0.5, 0.6) is 23.0 Å². The highest BCUT2D eigenvalue weighted by Gasteiger charge is 2.31. The molecule has 0 aliphatic carbocycles. The average Bonchev–Trinajstić information content (AvgIpc) is 2.86. The Morgan fingerprint density at radius 2 is 1.46 bits per heavy atom. The highest BCUT2D eigenvalue weighted by Crippen LogP contribution is 2.37. The normalized spacial score (nSPS) is 10.9. The van der Waals surface area contributed by atoms with Gasteiger partial charge in [0.25, 0.3) is 10.0 Å². The third-order valence-corrected chi connectivity index (χ3v) is 7.01. The van der Waals surface area contributed by atoms with Crippen LogP contribution in [-0.4, -0.2) is 49.3 Å². The summed E-state index contributed by atoms with van der Waals surface area (Å²) in [5, 5.41) is 2.95. The number of ether oxygens (including phenoxy) is 4. The van der Waals surface area contributed by atoms with E-state index in [4.69, 9.17) is 30.5 Å². The number of nitrogens with zero attached hydrogens (tertiary/aromatic N) is 1. The first kappa shape index (κ1) is 26.0. The van der Waals surface area contributed by atoms with E-state index in [0.29, 0.717) is 17.2 Å². The number of carbonyl (C=O) groups excluding carboxylic acids is 1. The number of hydrogen-bond acceptors (Lipinski definition) is 7. The van der Waals surface area contributed by atoms with Gasteiger partial charge in [-0.1, -0.05) is 23.7 Å². The molecule has 11 heteroatoms. The molecule has 0 aliphatic heterocycles. The topological polar surface area (TPSA) is 103 Å². The van der Waals surface area contributed by atoms with Crippen LogP contribution in [-0.2, 0) is 14.8 Å². The van der Waals surface area contributed by atoms with Gasteiger partial charge >= 0.3 is 0 Å². The maximum atomic E-state index is 13.8. The summed E-state index contributed by atoms with van der Waals surface area (Å²) in [6.45, 7) is -0.578. The third-order valence-electron chi connectivity index (χ3n) is 5.02. The molecule has 0 bridgehead atoms. The Morgan fingerprint density at radius 1 is 0.829 bits per heavy atom. The van der Waals surface area contributed by atoms with Crippen LogP contribution in [0, 0.1) is 0 Å². The molecule has 3 aromatic rings. The second-order valence-electron chi connectivity index (χ2n) is 7.09. The van der Waals surface area contributed by atoms with Crippen LogP contribution in [0.15, 0.2) is 65.6 Å². The monoisotopic (exact) mass is 520 g/mol. The van der Waals surface area contributed by atoms with Crippen molar-refractivity contribution >= 4 is 38.9 Å². The number of carbonyl (C=O) groups is 1. The fraction of sp³-hybridized carbons (Fsp3) is 0.208. The van der Waals surface area contributed by atoms with Gasteiger partial charge in [0.2, 0.25) is 5.91 Å². The number of methoxy groups -OCH3 is 4. The lowest BCUT2D eigenvalue weighted by molar-refractivity contribution is -0.114. The first-order valence-electron chi connectivity index (χ1n) is 10.3. The molecule has 0 atom stereocenters. The minimum Gasteiger partial charge on any atom is -0.495 e. The summed E-state index contributed by atoms with van der Waals surface area (Å²) in [5.41, 5.74) is 0.478. The van der Waals surface area contributed by atoms with Gasteiger partial charge in [-0.05, 0) is 42.5 Å². The fourth-order valence-corrected chi connectivity index (χ4v) is 4.94. The zero-order chi connectivity index (χ0) is 25.6. The van der Waals surface area contributed by atoms with Gasteiger partial charge in [-0.15, -0.1) is 0 Å². The van der Waals surface area contributed by atoms with Crippen LogP contribution >= 0.6 is 11.6 Å². The molecule has 0 aromatic heterocycles. The SMILES string of the molecule is COc1ccccc1NC(=O)CN(c1cc(Cl)ccc1OC)S(=O)(=O)c1ccc(OC)c(OC)c1. The Balaban J connectivity index is 2.08. The van der Waals surface area contributed by atoms with E-state index in [0.717, 1.165) is 4.31 Å². The Morgan fingerprint density at radius 3 is 2.11 bits per heavy atom. The number of hydrogen-bond donors (Lipinski definition) is 1. The summed E-state index contributed by atoms with van der Waals surface area (Å²) in [7, 11) is 1.40. The molecule has 0 radical (unpaired) electrons. The maximum absolute atomic E-state index is 13.8. The van der Waals surface area contributed by atoms with Crippen molar-refractivity contribution in [3.05, 3.63) is 65.7 Å². The summed E-state index contributed by atoms with van der Waals surface area (Å²) >= 11 is 6.18. The van der Waals surface area contributed by atoms with Gasteiger partial charge in [0, 0.05) is 11.1 Å². The molecule has 35 heavy (non-hydrogen) atoms. The largest absolute Gasteiger partial charge is 0.495 e. The van der Waals surface area contributed by atoms with E-state index in [2.05, 4.69) is 5.32 Å². The number of rotatable bonds is 10. The van der Waals surface area contributed by atoms with Crippen LogP contribution in [0.4, 0.5) is 11.4 Å². The van der Waals surface area contributed by atoms with Gasteiger partial charge in [0.1, 0.15) is 18.0 Å². The smallest absolute Gasteiger partial charge is 0.265 e. The van der Waals surface area contributed by atoms with Gasteiger partial charge < -0.3 is 24.3 Å². The minimum atomic E-state index is -4.30. The van der Waals surface area contributed by atoms with Crippen LogP contribution in [0.3, 0.4) is 0 Å². The van der Waals surface area contributed by atoms with Gasteiger partial charge in [0.05, 0.1) is 44.7 Å². The lowest BCUT2D eigenvalue weighted by atomic mass is 10.2. The Hall–Kier alpha value is -3.63. The van der Waals surface area contributed by atoms with Crippen molar-refractivity contribution in [1.29, 1.82) is 0 Å². The fourth-order valence-electron chi connectivity index (χ4n) is 3.33. The zero-order valence-electron chi connectivity index (χ0n) is 19.6. The molecule has 186 valence electrons. The molecular weight excluding hydrogens is 496 g/mol. The van der Waals surface area contributed by atoms with E-state index in [1.807, 2.05) is 0 Å². The number of benzene rings is 3. The summed E-state index contributed by atoms with van der Waals surface area (Å²) in [6.07, 6.45) is 0. The van der Waals surface area contributed by atoms with Crippen molar-refractivity contribution in [2.75, 3.05) is 44.6 Å². The summed E-state index contributed by atoms with van der Waals surface area (Å²) in [6, 6.07) is 15.4. The Labute approximate surface area is 209 Å². The van der Waals surface area contributed by atoms with Crippen LogP contribution in [0.1, 0.15) is 0 Å². The molecule has 1 amide bonds. The van der Waals surface area contributed by atoms with E-state index in [-0.39, 0.29) is 27.1 Å². The summed E-state index contributed by atoms with van der Waals surface area (Å²) < 4.78 is 49.7. The lowest BCUT2D eigenvalue weighted by Gasteiger charge is -2.26. The van der Waals surface area contributed by atoms with Crippen molar-refractivity contribution in [2.24, 2.45) is 0 Å². The molecule has 0 saturated carbocycles. The highest BCUT2D eigenvalue weighted by atomic mass is 35.5. The van der Waals surface area contributed by atoms with Crippen molar-refractivity contribution in [3.8, 4) is 23.0 Å². The number of amides is 1. The van der Waals surface area contributed by atoms with Gasteiger partial charge in [-0.25, -0.2) is 8.42 Å². The second kappa shape index (κ2) is 11.2. The molecule has 0 heterocycles. The first-order valence-corrected chi connectivity index (χ1v) is 12.1. The third kappa shape index (κ3) is 5.72. The number of nitrogens with one attached hydrogen (secondary N) is 1. The molecule has 0 fully saturated rings. The van der Waals surface area contributed by atoms with Crippen LogP contribution in [0.2, 0.25) is 5.02 Å². The number of anilines is 2. The predicted molar refractivity (Wildman–Crippen MR) is 134 cm³/mol. The van der Waals surface area contributed by atoms with E-state index >= 15 is 0 Å². The molecule has 0 spiro atoms. The van der Waals surface area contributed by atoms with E-state index < -0.39 is 22.5 Å². The molecule has 3 aromatic carbocycles. The highest BCUT2D eigenvalue weighted by molar-refractivity contribution is 7.92. The number of halogens is 1. The first-order chi connectivity index (χ1) is 16.7. The van der Waals surface area contributed by atoms with Crippen molar-refractivity contribution in [2.45, 2.75) is 4.90 Å². The lowest BCUT2D eigenvalue weighted by Crippen LogP contribution is -2.38. The standard InChI is InChI=1S/C24H25ClN2O7S/c1-31-20-8-6-5-7-18(20)26-24(28)15-27(19-13-16(25)9-11-21(19)32-2)35(29,30)17-10-12-22(33-3)23(14-17)34-4/h5-14H,15H2,1-4H3,(H,26,28). The van der Waals surface area contributed by atoms with Gasteiger partial charge in [0.15, 0.2) is 11.5 Å². The molecule has 0 unspecified atom stereocenters.